The van der Waals surface area contributed by atoms with Gasteiger partial charge in [-0.05, 0) is 5.53 Å². The van der Waals surface area contributed by atoms with Gasteiger partial charge in [-0.1, -0.05) is 5.11 Å². The third kappa shape index (κ3) is 18.8. The van der Waals surface area contributed by atoms with Gasteiger partial charge in [0, 0.05) is 11.5 Å². The Kier molecular flexibility index (Phi) is 17.7. The average molecular weight is 305 g/mol. The van der Waals surface area contributed by atoms with Crippen molar-refractivity contribution in [3.05, 3.63) is 10.4 Å². The van der Waals surface area contributed by atoms with Gasteiger partial charge in [0.2, 0.25) is 0 Å². The smallest absolute Gasteiger partial charge is 0.145 e. The maximum Gasteiger partial charge on any atom is 0.145 e. The van der Waals surface area contributed by atoms with Gasteiger partial charge in [-0.15, -0.1) is 0 Å². The summed E-state index contributed by atoms with van der Waals surface area (Å²) in [6.07, 6.45) is 0.703. The van der Waals surface area contributed by atoms with E-state index in [2.05, 4.69) is 10.0 Å². The van der Waals surface area contributed by atoms with Crippen molar-refractivity contribution in [1.29, 1.82) is 0 Å². The Hall–Kier alpha value is -1.22. The highest BCUT2D eigenvalue weighted by molar-refractivity contribution is 5.50. The minimum Gasteiger partial charge on any atom is -0.379 e. The monoisotopic (exact) mass is 305 g/mol. The van der Waals surface area contributed by atoms with Crippen LogP contribution in [-0.4, -0.2) is 78.9 Å². The van der Waals surface area contributed by atoms with Crippen molar-refractivity contribution in [2.75, 3.05) is 72.6 Å². The molecule has 0 rings (SSSR count). The van der Waals surface area contributed by atoms with Crippen molar-refractivity contribution in [3.8, 4) is 0 Å². The Morgan fingerprint density at radius 1 is 0.762 bits per heavy atom. The van der Waals surface area contributed by atoms with Gasteiger partial charge < -0.3 is 28.5 Å². The zero-order valence-electron chi connectivity index (χ0n) is 12.1. The van der Waals surface area contributed by atoms with Gasteiger partial charge in [-0.3, -0.25) is 0 Å². The van der Waals surface area contributed by atoms with Crippen molar-refractivity contribution < 1.29 is 28.5 Å². The van der Waals surface area contributed by atoms with Gasteiger partial charge in [0.25, 0.3) is 0 Å². The first-order valence-electron chi connectivity index (χ1n) is 6.75. The van der Waals surface area contributed by atoms with Crippen LogP contribution >= 0.6 is 0 Å². The predicted molar refractivity (Wildman–Crippen MR) is 74.2 cm³/mol. The molecule has 0 aliphatic rings. The first-order chi connectivity index (χ1) is 10.4. The van der Waals surface area contributed by atoms with Crippen LogP contribution < -0.4 is 0 Å². The number of hydrogen-bond donors (Lipinski definition) is 0. The maximum absolute atomic E-state index is 9.94. The molecule has 9 heteroatoms. The lowest BCUT2D eigenvalue weighted by molar-refractivity contribution is -0.112. The van der Waals surface area contributed by atoms with E-state index in [1.165, 1.54) is 0 Å². The third-order valence-electron chi connectivity index (χ3n) is 2.07. The minimum atomic E-state index is 0.104. The molecular formula is C12H23N3O6. The molecule has 0 aliphatic heterocycles. The molecular weight excluding hydrogens is 282 g/mol. The molecule has 0 aromatic heterocycles. The summed E-state index contributed by atoms with van der Waals surface area (Å²) in [5, 5.41) is 3.33. The molecule has 0 aromatic carbocycles. The Labute approximate surface area is 124 Å². The van der Waals surface area contributed by atoms with Crippen molar-refractivity contribution >= 4 is 6.29 Å². The Balaban J connectivity index is 2.96. The average Bonchev–Trinajstić information content (AvgIpc) is 2.50. The number of nitrogens with zero attached hydrogens (tertiary/aromatic N) is 3. The molecule has 21 heavy (non-hydrogen) atoms. The maximum atomic E-state index is 9.94. The second-order valence-corrected chi connectivity index (χ2v) is 3.65. The third-order valence-corrected chi connectivity index (χ3v) is 2.07. The molecule has 0 amide bonds. The van der Waals surface area contributed by atoms with Gasteiger partial charge in [-0.25, -0.2) is 0 Å². The van der Waals surface area contributed by atoms with Crippen molar-refractivity contribution in [1.82, 2.24) is 0 Å². The Morgan fingerprint density at radius 2 is 1.19 bits per heavy atom. The highest BCUT2D eigenvalue weighted by atomic mass is 16.6. The zero-order chi connectivity index (χ0) is 15.4. The molecule has 0 fully saturated rings. The Bertz CT molecular complexity index is 274. The summed E-state index contributed by atoms with van der Waals surface area (Å²) in [5.74, 6) is 0. The van der Waals surface area contributed by atoms with Crippen LogP contribution in [0.4, 0.5) is 0 Å². The molecule has 0 aliphatic carbocycles. The number of carbonyl (C=O) groups is 1. The number of azide groups is 1. The second kappa shape index (κ2) is 18.8. The van der Waals surface area contributed by atoms with Crippen LogP contribution in [0.2, 0.25) is 0 Å². The topological polar surface area (TPSA) is 112 Å². The van der Waals surface area contributed by atoms with E-state index in [1.54, 1.807) is 0 Å². The number of ether oxygens (including phenoxy) is 5. The van der Waals surface area contributed by atoms with E-state index < -0.39 is 0 Å². The SMILES string of the molecule is [N-]=[N+]=NCCOCCOCCOCCOCCOCC=O. The van der Waals surface area contributed by atoms with E-state index in [1.807, 2.05) is 0 Å². The number of aldehydes is 1. The second-order valence-electron chi connectivity index (χ2n) is 3.65. The van der Waals surface area contributed by atoms with Gasteiger partial charge in [-0.2, -0.15) is 0 Å². The lowest BCUT2D eigenvalue weighted by Gasteiger charge is -2.07. The van der Waals surface area contributed by atoms with Crippen molar-refractivity contribution in [2.24, 2.45) is 5.11 Å². The molecule has 0 bridgehead atoms. The van der Waals surface area contributed by atoms with Crippen molar-refractivity contribution in [2.45, 2.75) is 0 Å². The first-order valence-corrected chi connectivity index (χ1v) is 6.75. The van der Waals surface area contributed by atoms with Crippen LogP contribution in [0.3, 0.4) is 0 Å². The number of hydrogen-bond acceptors (Lipinski definition) is 7. The van der Waals surface area contributed by atoms with Crippen LogP contribution in [0.25, 0.3) is 10.4 Å². The van der Waals surface area contributed by atoms with Crippen LogP contribution in [0.1, 0.15) is 0 Å². The molecule has 122 valence electrons. The number of carbonyl (C=O) groups excluding carboxylic acids is 1. The summed E-state index contributed by atoms with van der Waals surface area (Å²) in [6.45, 7) is 4.57. The predicted octanol–water partition coefficient (Wildman–Crippen LogP) is 0.579. The van der Waals surface area contributed by atoms with E-state index in [0.717, 1.165) is 0 Å². The quantitative estimate of drug-likeness (QED) is 0.128. The molecule has 0 unspecified atom stereocenters. The summed E-state index contributed by atoms with van der Waals surface area (Å²) in [4.78, 5) is 12.6. The van der Waals surface area contributed by atoms with Gasteiger partial charge in [0.1, 0.15) is 12.9 Å². The molecule has 0 saturated carbocycles. The molecule has 0 atom stereocenters. The Morgan fingerprint density at radius 3 is 1.62 bits per heavy atom. The van der Waals surface area contributed by atoms with E-state index in [0.29, 0.717) is 72.3 Å². The molecule has 9 nitrogen and oxygen atoms in total. The van der Waals surface area contributed by atoms with E-state index >= 15 is 0 Å². The fourth-order valence-corrected chi connectivity index (χ4v) is 1.16. The summed E-state index contributed by atoms with van der Waals surface area (Å²) >= 11 is 0. The largest absolute Gasteiger partial charge is 0.379 e. The molecule has 0 aromatic rings. The fraction of sp³-hybridized carbons (Fsp3) is 0.917. The summed E-state index contributed by atoms with van der Waals surface area (Å²) in [5.41, 5.74) is 8.03. The lowest BCUT2D eigenvalue weighted by Crippen LogP contribution is -2.13. The highest BCUT2D eigenvalue weighted by Gasteiger charge is 1.93. The van der Waals surface area contributed by atoms with E-state index in [4.69, 9.17) is 29.2 Å². The van der Waals surface area contributed by atoms with Gasteiger partial charge in [0.15, 0.2) is 0 Å². The van der Waals surface area contributed by atoms with E-state index in [-0.39, 0.29) is 6.61 Å². The van der Waals surface area contributed by atoms with Crippen LogP contribution in [0.15, 0.2) is 5.11 Å². The van der Waals surface area contributed by atoms with Crippen LogP contribution in [-0.2, 0) is 28.5 Å². The molecule has 0 N–H and O–H groups in total. The van der Waals surface area contributed by atoms with Crippen LogP contribution in [0, 0.1) is 0 Å². The molecule has 0 radical (unpaired) electrons. The fourth-order valence-electron chi connectivity index (χ4n) is 1.16. The standard InChI is InChI=1S/C12H23N3O6/c13-15-14-1-3-17-5-7-19-9-11-21-12-10-20-8-6-18-4-2-16/h2H,1,3-12H2. The van der Waals surface area contributed by atoms with Crippen LogP contribution in [0.5, 0.6) is 0 Å². The summed E-state index contributed by atoms with van der Waals surface area (Å²) in [7, 11) is 0. The molecule has 0 heterocycles. The minimum absolute atomic E-state index is 0.104. The zero-order valence-corrected chi connectivity index (χ0v) is 12.1. The number of rotatable bonds is 17. The summed E-state index contributed by atoms with van der Waals surface area (Å²) in [6, 6.07) is 0. The highest BCUT2D eigenvalue weighted by Crippen LogP contribution is 1.84. The lowest BCUT2D eigenvalue weighted by atomic mass is 10.7. The molecule has 0 saturated heterocycles. The van der Waals surface area contributed by atoms with Gasteiger partial charge >= 0.3 is 0 Å². The van der Waals surface area contributed by atoms with E-state index in [9.17, 15) is 4.79 Å². The normalized spacial score (nSPS) is 10.3. The van der Waals surface area contributed by atoms with Crippen molar-refractivity contribution in [3.63, 3.8) is 0 Å². The molecule has 0 spiro atoms. The first kappa shape index (κ1) is 19.8. The summed E-state index contributed by atoms with van der Waals surface area (Å²) < 4.78 is 25.8. The van der Waals surface area contributed by atoms with Gasteiger partial charge in [0.05, 0.1) is 59.5 Å².